The Morgan fingerprint density at radius 2 is 2.11 bits per heavy atom. The van der Waals surface area contributed by atoms with E-state index in [1.807, 2.05) is 13.0 Å². The third-order valence-corrected chi connectivity index (χ3v) is 2.91. The zero-order valence-electron chi connectivity index (χ0n) is 12.6. The predicted octanol–water partition coefficient (Wildman–Crippen LogP) is 1.30. The molecule has 0 aliphatic carbocycles. The maximum Gasteiger partial charge on any atom is 0.271 e. The summed E-state index contributed by atoms with van der Waals surface area (Å²) in [4.78, 5) is 12.2. The number of methoxy groups -OCH3 is 1. The molecule has 0 bridgehead atoms. The number of nitrogens with one attached hydrogen (secondary N) is 1. The van der Waals surface area contributed by atoms with E-state index >= 15 is 0 Å². The fraction of sp³-hybridized carbons (Fsp3) is 0.714. The molecule has 1 aromatic rings. The lowest BCUT2D eigenvalue weighted by Crippen LogP contribution is -2.32. The van der Waals surface area contributed by atoms with Gasteiger partial charge in [0.1, 0.15) is 0 Å². The molecule has 0 amide bonds. The van der Waals surface area contributed by atoms with Crippen molar-refractivity contribution in [2.75, 3.05) is 20.3 Å². The molecule has 5 heteroatoms. The highest BCUT2D eigenvalue weighted by Crippen LogP contribution is 2.19. The summed E-state index contributed by atoms with van der Waals surface area (Å²) in [6.07, 6.45) is 0. The second-order valence-corrected chi connectivity index (χ2v) is 5.60. The lowest BCUT2D eigenvalue weighted by atomic mass is 9.91. The van der Waals surface area contributed by atoms with Crippen molar-refractivity contribution in [3.8, 4) is 0 Å². The minimum Gasteiger partial charge on any atom is -0.383 e. The molecule has 0 atom stereocenters. The first-order valence-electron chi connectivity index (χ1n) is 6.71. The number of rotatable bonds is 6. The Balaban J connectivity index is 2.98. The van der Waals surface area contributed by atoms with Crippen molar-refractivity contribution >= 4 is 0 Å². The largest absolute Gasteiger partial charge is 0.383 e. The van der Waals surface area contributed by atoms with Crippen LogP contribution in [0.1, 0.15) is 39.0 Å². The topological polar surface area (TPSA) is 56.1 Å². The van der Waals surface area contributed by atoms with Crippen molar-refractivity contribution < 1.29 is 4.74 Å². The van der Waals surface area contributed by atoms with Gasteiger partial charge in [-0.1, -0.05) is 20.8 Å². The van der Waals surface area contributed by atoms with Crippen molar-refractivity contribution in [2.45, 2.75) is 46.2 Å². The van der Waals surface area contributed by atoms with Crippen LogP contribution in [0.2, 0.25) is 0 Å². The van der Waals surface area contributed by atoms with Crippen molar-refractivity contribution in [1.29, 1.82) is 0 Å². The van der Waals surface area contributed by atoms with Crippen LogP contribution in [-0.4, -0.2) is 30.0 Å². The molecular formula is C14H25N3O2. The van der Waals surface area contributed by atoms with Gasteiger partial charge in [-0.25, -0.2) is 4.68 Å². The van der Waals surface area contributed by atoms with Gasteiger partial charge < -0.3 is 10.1 Å². The van der Waals surface area contributed by atoms with Gasteiger partial charge in [-0.05, 0) is 13.0 Å². The highest BCUT2D eigenvalue weighted by Gasteiger charge is 2.18. The molecule has 108 valence electrons. The summed E-state index contributed by atoms with van der Waals surface area (Å²) in [7, 11) is 1.66. The fourth-order valence-corrected chi connectivity index (χ4v) is 1.70. The average Bonchev–Trinajstić information content (AvgIpc) is 2.35. The molecule has 19 heavy (non-hydrogen) atoms. The quantitative estimate of drug-likeness (QED) is 0.789. The van der Waals surface area contributed by atoms with Gasteiger partial charge in [-0.2, -0.15) is 5.10 Å². The van der Waals surface area contributed by atoms with Gasteiger partial charge >= 0.3 is 0 Å². The smallest absolute Gasteiger partial charge is 0.271 e. The third-order valence-electron chi connectivity index (χ3n) is 2.91. The summed E-state index contributed by atoms with van der Waals surface area (Å²) in [5, 5.41) is 7.63. The first-order valence-corrected chi connectivity index (χ1v) is 6.71. The van der Waals surface area contributed by atoms with E-state index in [2.05, 4.69) is 31.2 Å². The van der Waals surface area contributed by atoms with Crippen LogP contribution in [0.5, 0.6) is 0 Å². The molecule has 0 aliphatic rings. The molecule has 5 nitrogen and oxygen atoms in total. The third kappa shape index (κ3) is 4.44. The number of aromatic nitrogens is 2. The molecule has 0 saturated carbocycles. The molecule has 1 heterocycles. The SMILES string of the molecule is CCn1nc(C(C)(C)C)cc(CNCCOC)c1=O. The van der Waals surface area contributed by atoms with Crippen molar-refractivity contribution in [1.82, 2.24) is 15.1 Å². The second kappa shape index (κ2) is 6.82. The van der Waals surface area contributed by atoms with Crippen LogP contribution < -0.4 is 10.9 Å². The predicted molar refractivity (Wildman–Crippen MR) is 76.5 cm³/mol. The summed E-state index contributed by atoms with van der Waals surface area (Å²) in [6.45, 7) is 10.7. The minimum absolute atomic E-state index is 0.0135. The second-order valence-electron chi connectivity index (χ2n) is 5.60. The minimum atomic E-state index is -0.0636. The fourth-order valence-electron chi connectivity index (χ4n) is 1.70. The lowest BCUT2D eigenvalue weighted by Gasteiger charge is -2.20. The van der Waals surface area contributed by atoms with Crippen LogP contribution >= 0.6 is 0 Å². The number of hydrogen-bond acceptors (Lipinski definition) is 4. The van der Waals surface area contributed by atoms with Gasteiger partial charge in [0.2, 0.25) is 0 Å². The zero-order valence-corrected chi connectivity index (χ0v) is 12.6. The van der Waals surface area contributed by atoms with Crippen LogP contribution in [0.15, 0.2) is 10.9 Å². The Kier molecular flexibility index (Phi) is 5.69. The first kappa shape index (κ1) is 15.9. The summed E-state index contributed by atoms with van der Waals surface area (Å²) in [5.41, 5.74) is 1.63. The summed E-state index contributed by atoms with van der Waals surface area (Å²) >= 11 is 0. The molecule has 1 N–H and O–H groups in total. The van der Waals surface area contributed by atoms with Gasteiger partial charge in [0.25, 0.3) is 5.56 Å². The van der Waals surface area contributed by atoms with Crippen LogP contribution in [0.3, 0.4) is 0 Å². The van der Waals surface area contributed by atoms with Crippen molar-refractivity contribution in [2.24, 2.45) is 0 Å². The van der Waals surface area contributed by atoms with E-state index in [0.717, 1.165) is 17.8 Å². The first-order chi connectivity index (χ1) is 8.90. The monoisotopic (exact) mass is 267 g/mol. The Labute approximate surface area is 115 Å². The van der Waals surface area contributed by atoms with Crippen LogP contribution in [0.4, 0.5) is 0 Å². The van der Waals surface area contributed by atoms with Gasteiger partial charge in [-0.15, -0.1) is 0 Å². The van der Waals surface area contributed by atoms with E-state index in [1.54, 1.807) is 7.11 Å². The number of nitrogens with zero attached hydrogens (tertiary/aromatic N) is 2. The molecular weight excluding hydrogens is 242 g/mol. The standard InChI is InChI=1S/C14H25N3O2/c1-6-17-13(18)11(10-15-7-8-19-5)9-12(16-17)14(2,3)4/h9,15H,6-8,10H2,1-5H3. The van der Waals surface area contributed by atoms with Gasteiger partial charge in [0.15, 0.2) is 0 Å². The van der Waals surface area contributed by atoms with Crippen molar-refractivity contribution in [3.05, 3.63) is 27.7 Å². The van der Waals surface area contributed by atoms with Crippen LogP contribution in [0.25, 0.3) is 0 Å². The van der Waals surface area contributed by atoms with E-state index in [4.69, 9.17) is 4.74 Å². The molecule has 0 fully saturated rings. The Bertz CT molecular complexity index is 461. The maximum absolute atomic E-state index is 12.2. The molecule has 0 spiro atoms. The zero-order chi connectivity index (χ0) is 14.5. The molecule has 0 saturated heterocycles. The highest BCUT2D eigenvalue weighted by molar-refractivity contribution is 5.19. The summed E-state index contributed by atoms with van der Waals surface area (Å²) < 4.78 is 6.51. The van der Waals surface area contributed by atoms with Crippen LogP contribution in [-0.2, 0) is 23.2 Å². The molecule has 0 unspecified atom stereocenters. The van der Waals surface area contributed by atoms with Gasteiger partial charge in [0, 0.05) is 37.7 Å². The van der Waals surface area contributed by atoms with E-state index in [1.165, 1.54) is 4.68 Å². The van der Waals surface area contributed by atoms with E-state index in [9.17, 15) is 4.79 Å². The molecule has 0 radical (unpaired) electrons. The molecule has 0 aliphatic heterocycles. The molecule has 1 aromatic heterocycles. The van der Waals surface area contributed by atoms with E-state index in [-0.39, 0.29) is 11.0 Å². The van der Waals surface area contributed by atoms with Crippen molar-refractivity contribution in [3.63, 3.8) is 0 Å². The highest BCUT2D eigenvalue weighted by atomic mass is 16.5. The number of ether oxygens (including phenoxy) is 1. The number of hydrogen-bond donors (Lipinski definition) is 1. The Hall–Kier alpha value is -1.20. The van der Waals surface area contributed by atoms with Gasteiger partial charge in [0.05, 0.1) is 12.3 Å². The maximum atomic E-state index is 12.2. The molecule has 0 aromatic carbocycles. The summed E-state index contributed by atoms with van der Waals surface area (Å²) in [6, 6.07) is 1.91. The molecule has 1 rings (SSSR count). The van der Waals surface area contributed by atoms with Gasteiger partial charge in [-0.3, -0.25) is 4.79 Å². The van der Waals surface area contributed by atoms with E-state index < -0.39 is 0 Å². The Morgan fingerprint density at radius 3 is 2.63 bits per heavy atom. The Morgan fingerprint density at radius 1 is 1.42 bits per heavy atom. The lowest BCUT2D eigenvalue weighted by molar-refractivity contribution is 0.199. The summed E-state index contributed by atoms with van der Waals surface area (Å²) in [5.74, 6) is 0. The normalized spacial score (nSPS) is 11.8. The van der Waals surface area contributed by atoms with E-state index in [0.29, 0.717) is 19.7 Å². The average molecular weight is 267 g/mol. The van der Waals surface area contributed by atoms with Crippen LogP contribution in [0, 0.1) is 0 Å². The number of aryl methyl sites for hydroxylation is 1.